The average Bonchev–Trinajstić information content (AvgIpc) is 2.71. The summed E-state index contributed by atoms with van der Waals surface area (Å²) in [5, 5.41) is 1.05. The van der Waals surface area contributed by atoms with Gasteiger partial charge in [-0.1, -0.05) is 23.9 Å². The highest BCUT2D eigenvalue weighted by molar-refractivity contribution is 7.99. The summed E-state index contributed by atoms with van der Waals surface area (Å²) in [5.41, 5.74) is 5.81. The van der Waals surface area contributed by atoms with Crippen LogP contribution in [0.3, 0.4) is 0 Å². The molecule has 0 aliphatic carbocycles. The van der Waals surface area contributed by atoms with Crippen LogP contribution in [-0.4, -0.2) is 58.8 Å². The number of aromatic nitrogens is 2. The number of rotatable bonds is 7. The molecule has 2 heterocycles. The Bertz CT molecular complexity index is 922. The second kappa shape index (κ2) is 9.20. The van der Waals surface area contributed by atoms with Crippen LogP contribution in [0.15, 0.2) is 34.2 Å². The van der Waals surface area contributed by atoms with Crippen molar-refractivity contribution in [3.63, 3.8) is 0 Å². The van der Waals surface area contributed by atoms with Crippen molar-refractivity contribution in [3.05, 3.63) is 34.6 Å². The highest BCUT2D eigenvalue weighted by Crippen LogP contribution is 2.21. The Balaban J connectivity index is 1.73. The molecule has 28 heavy (non-hydrogen) atoms. The third-order valence-corrected chi connectivity index (χ3v) is 5.88. The number of methoxy groups -OCH3 is 1. The normalized spacial score (nSPS) is 15.1. The van der Waals surface area contributed by atoms with E-state index in [-0.39, 0.29) is 29.0 Å². The fourth-order valence-electron chi connectivity index (χ4n) is 3.27. The number of carbonyl (C=O) groups excluding carboxylic acids is 2. The molecule has 2 N–H and O–H groups in total. The van der Waals surface area contributed by atoms with Crippen molar-refractivity contribution in [1.82, 2.24) is 14.5 Å². The molecule has 0 atom stereocenters. The summed E-state index contributed by atoms with van der Waals surface area (Å²) in [6, 6.07) is 7.17. The maximum Gasteiger partial charge on any atom is 0.262 e. The average molecular weight is 404 g/mol. The zero-order valence-electron chi connectivity index (χ0n) is 15.8. The number of para-hydroxylation sites is 1. The van der Waals surface area contributed by atoms with E-state index in [1.54, 1.807) is 34.8 Å². The number of primary amides is 1. The minimum atomic E-state index is -0.302. The predicted molar refractivity (Wildman–Crippen MR) is 107 cm³/mol. The van der Waals surface area contributed by atoms with Crippen LogP contribution in [0.4, 0.5) is 0 Å². The van der Waals surface area contributed by atoms with Gasteiger partial charge in [0.25, 0.3) is 5.56 Å². The molecular formula is C19H24N4O4S. The van der Waals surface area contributed by atoms with E-state index in [0.717, 1.165) is 0 Å². The summed E-state index contributed by atoms with van der Waals surface area (Å²) < 4.78 is 6.67. The number of carbonyl (C=O) groups is 2. The van der Waals surface area contributed by atoms with Gasteiger partial charge >= 0.3 is 0 Å². The fraction of sp³-hybridized carbons (Fsp3) is 0.474. The Morgan fingerprint density at radius 3 is 2.68 bits per heavy atom. The Kier molecular flexibility index (Phi) is 6.69. The summed E-state index contributed by atoms with van der Waals surface area (Å²) in [4.78, 5) is 43.0. The van der Waals surface area contributed by atoms with Gasteiger partial charge in [0.05, 0.1) is 29.8 Å². The van der Waals surface area contributed by atoms with Gasteiger partial charge in [-0.2, -0.15) is 0 Å². The van der Waals surface area contributed by atoms with E-state index < -0.39 is 0 Å². The number of ether oxygens (including phenoxy) is 1. The van der Waals surface area contributed by atoms with Crippen LogP contribution in [0, 0.1) is 5.92 Å². The van der Waals surface area contributed by atoms with Crippen LogP contribution in [0.1, 0.15) is 12.8 Å². The number of nitrogens with zero attached hydrogens (tertiary/aromatic N) is 3. The van der Waals surface area contributed by atoms with Gasteiger partial charge < -0.3 is 15.4 Å². The number of thioether (sulfide) groups is 1. The third-order valence-electron chi connectivity index (χ3n) is 4.92. The summed E-state index contributed by atoms with van der Waals surface area (Å²) in [5.74, 6) is -0.311. The summed E-state index contributed by atoms with van der Waals surface area (Å²) >= 11 is 1.25. The first-order chi connectivity index (χ1) is 13.5. The number of hydrogen-bond acceptors (Lipinski definition) is 6. The van der Waals surface area contributed by atoms with Gasteiger partial charge in [-0.3, -0.25) is 19.0 Å². The molecular weight excluding hydrogens is 380 g/mol. The van der Waals surface area contributed by atoms with Gasteiger partial charge in [0.2, 0.25) is 11.8 Å². The van der Waals surface area contributed by atoms with Gasteiger partial charge in [-0.25, -0.2) is 4.98 Å². The molecule has 1 aliphatic heterocycles. The maximum atomic E-state index is 12.8. The SMILES string of the molecule is COCCn1c(SCC(=O)N2CCC(C(N)=O)CC2)nc2ccccc2c1=O. The lowest BCUT2D eigenvalue weighted by Gasteiger charge is -2.30. The number of likely N-dealkylation sites (tertiary alicyclic amines) is 1. The van der Waals surface area contributed by atoms with E-state index in [1.807, 2.05) is 6.07 Å². The van der Waals surface area contributed by atoms with E-state index in [1.165, 1.54) is 11.8 Å². The first kappa shape index (κ1) is 20.3. The summed E-state index contributed by atoms with van der Waals surface area (Å²) in [7, 11) is 1.57. The topological polar surface area (TPSA) is 108 Å². The molecule has 0 bridgehead atoms. The molecule has 3 rings (SSSR count). The molecule has 1 aliphatic rings. The van der Waals surface area contributed by atoms with Crippen LogP contribution in [0.25, 0.3) is 10.9 Å². The number of nitrogens with two attached hydrogens (primary N) is 1. The Morgan fingerprint density at radius 2 is 2.00 bits per heavy atom. The van der Waals surface area contributed by atoms with Crippen LogP contribution in [0.5, 0.6) is 0 Å². The quantitative estimate of drug-likeness (QED) is 0.542. The molecule has 0 radical (unpaired) electrons. The highest BCUT2D eigenvalue weighted by Gasteiger charge is 2.26. The van der Waals surface area contributed by atoms with Gasteiger partial charge in [0.1, 0.15) is 0 Å². The van der Waals surface area contributed by atoms with E-state index in [9.17, 15) is 14.4 Å². The van der Waals surface area contributed by atoms with Gasteiger partial charge in [0, 0.05) is 26.1 Å². The van der Waals surface area contributed by atoms with Crippen molar-refractivity contribution in [2.45, 2.75) is 24.5 Å². The Labute approximate surface area is 167 Å². The molecule has 0 unspecified atom stereocenters. The van der Waals surface area contributed by atoms with Crippen molar-refractivity contribution < 1.29 is 14.3 Å². The molecule has 1 saturated heterocycles. The van der Waals surface area contributed by atoms with E-state index in [4.69, 9.17) is 10.5 Å². The third kappa shape index (κ3) is 4.53. The number of fused-ring (bicyclic) bond motifs is 1. The van der Waals surface area contributed by atoms with Gasteiger partial charge in [-0.05, 0) is 25.0 Å². The Morgan fingerprint density at radius 1 is 1.29 bits per heavy atom. The van der Waals surface area contributed by atoms with E-state index in [2.05, 4.69) is 4.98 Å². The largest absolute Gasteiger partial charge is 0.383 e. The van der Waals surface area contributed by atoms with Crippen LogP contribution < -0.4 is 11.3 Å². The second-order valence-electron chi connectivity index (χ2n) is 6.71. The highest BCUT2D eigenvalue weighted by atomic mass is 32.2. The lowest BCUT2D eigenvalue weighted by Crippen LogP contribution is -2.42. The molecule has 1 aromatic carbocycles. The zero-order valence-corrected chi connectivity index (χ0v) is 16.6. The summed E-state index contributed by atoms with van der Waals surface area (Å²) in [6.07, 6.45) is 1.19. The molecule has 1 aromatic heterocycles. The van der Waals surface area contributed by atoms with Crippen molar-refractivity contribution in [3.8, 4) is 0 Å². The fourth-order valence-corrected chi connectivity index (χ4v) is 4.20. The smallest absolute Gasteiger partial charge is 0.262 e. The van der Waals surface area contributed by atoms with Gasteiger partial charge in [-0.15, -0.1) is 0 Å². The van der Waals surface area contributed by atoms with Crippen molar-refractivity contribution in [1.29, 1.82) is 0 Å². The van der Waals surface area contributed by atoms with Crippen molar-refractivity contribution in [2.24, 2.45) is 11.7 Å². The molecule has 2 aromatic rings. The van der Waals surface area contributed by atoms with E-state index in [0.29, 0.717) is 55.1 Å². The molecule has 0 saturated carbocycles. The minimum absolute atomic E-state index is 0.0337. The molecule has 8 nitrogen and oxygen atoms in total. The number of piperidine rings is 1. The van der Waals surface area contributed by atoms with Crippen molar-refractivity contribution in [2.75, 3.05) is 32.6 Å². The molecule has 0 spiro atoms. The zero-order chi connectivity index (χ0) is 20.1. The molecule has 150 valence electrons. The number of hydrogen-bond donors (Lipinski definition) is 1. The first-order valence-corrected chi connectivity index (χ1v) is 10.2. The lowest BCUT2D eigenvalue weighted by atomic mass is 9.96. The van der Waals surface area contributed by atoms with Crippen molar-refractivity contribution >= 4 is 34.5 Å². The number of benzene rings is 1. The van der Waals surface area contributed by atoms with Crippen LogP contribution in [0.2, 0.25) is 0 Å². The minimum Gasteiger partial charge on any atom is -0.383 e. The van der Waals surface area contributed by atoms with Crippen LogP contribution in [-0.2, 0) is 20.9 Å². The lowest BCUT2D eigenvalue weighted by molar-refractivity contribution is -0.132. The standard InChI is InChI=1S/C19H24N4O4S/c1-27-11-10-23-18(26)14-4-2-3-5-15(14)21-19(23)28-12-16(24)22-8-6-13(7-9-22)17(20)25/h2-5,13H,6-12H2,1H3,(H2,20,25). The van der Waals surface area contributed by atoms with Crippen LogP contribution >= 0.6 is 11.8 Å². The first-order valence-electron chi connectivity index (χ1n) is 9.19. The molecule has 9 heteroatoms. The van der Waals surface area contributed by atoms with E-state index >= 15 is 0 Å². The molecule has 1 fully saturated rings. The maximum absolute atomic E-state index is 12.8. The van der Waals surface area contributed by atoms with Gasteiger partial charge in [0.15, 0.2) is 5.16 Å². The number of amides is 2. The Hall–Kier alpha value is -2.39. The second-order valence-corrected chi connectivity index (χ2v) is 7.65. The summed E-state index contributed by atoms with van der Waals surface area (Å²) in [6.45, 7) is 1.79. The predicted octanol–water partition coefficient (Wildman–Crippen LogP) is 0.859. The monoisotopic (exact) mass is 404 g/mol. The molecule has 2 amide bonds.